The van der Waals surface area contributed by atoms with Crippen molar-refractivity contribution in [2.24, 2.45) is 5.92 Å². The highest BCUT2D eigenvalue weighted by Crippen LogP contribution is 2.33. The fraction of sp³-hybridized carbons (Fsp3) is 0.467. The first-order valence-corrected chi connectivity index (χ1v) is 14.4. The fourth-order valence-electron chi connectivity index (χ4n) is 6.13. The van der Waals surface area contributed by atoms with Crippen LogP contribution in [-0.2, 0) is 0 Å². The van der Waals surface area contributed by atoms with Crippen LogP contribution in [0.25, 0.3) is 22.3 Å². The minimum atomic E-state index is -0.634. The second kappa shape index (κ2) is 11.4. The molecule has 2 aliphatic rings. The molecule has 9 nitrogen and oxygen atoms in total. The quantitative estimate of drug-likeness (QED) is 0.320. The molecule has 0 unspecified atom stereocenters. The second-order valence-corrected chi connectivity index (χ2v) is 11.3. The van der Waals surface area contributed by atoms with Crippen molar-refractivity contribution in [3.05, 3.63) is 59.7 Å². The number of aryl methyl sites for hydroxylation is 1. The molecule has 0 radical (unpaired) electrons. The van der Waals surface area contributed by atoms with Gasteiger partial charge in [-0.1, -0.05) is 13.0 Å². The predicted octanol–water partition coefficient (Wildman–Crippen LogP) is 4.70. The summed E-state index contributed by atoms with van der Waals surface area (Å²) < 4.78 is 31.9. The first-order valence-electron chi connectivity index (χ1n) is 14.4. The molecule has 1 aromatic carbocycles. The number of nitrogens with one attached hydrogen (secondary N) is 2. The Labute approximate surface area is 239 Å². The van der Waals surface area contributed by atoms with E-state index in [2.05, 4.69) is 53.4 Å². The Morgan fingerprint density at radius 1 is 1.00 bits per heavy atom. The van der Waals surface area contributed by atoms with Crippen LogP contribution < -0.4 is 10.6 Å². The van der Waals surface area contributed by atoms with E-state index in [1.807, 2.05) is 37.6 Å². The van der Waals surface area contributed by atoms with Crippen LogP contribution in [0.15, 0.2) is 36.7 Å². The van der Waals surface area contributed by atoms with Crippen LogP contribution in [0.1, 0.15) is 44.2 Å². The van der Waals surface area contributed by atoms with Gasteiger partial charge in [0.1, 0.15) is 22.9 Å². The van der Waals surface area contributed by atoms with Crippen LogP contribution in [0.2, 0.25) is 0 Å². The van der Waals surface area contributed by atoms with Crippen molar-refractivity contribution in [1.29, 1.82) is 0 Å². The van der Waals surface area contributed by atoms with Crippen molar-refractivity contribution in [3.63, 3.8) is 0 Å². The molecule has 41 heavy (non-hydrogen) atoms. The van der Waals surface area contributed by atoms with Gasteiger partial charge in [-0.05, 0) is 51.1 Å². The van der Waals surface area contributed by atoms with Crippen molar-refractivity contribution in [3.8, 4) is 11.3 Å². The normalized spacial score (nSPS) is 17.7. The highest BCUT2D eigenvalue weighted by Gasteiger charge is 2.34. The van der Waals surface area contributed by atoms with E-state index in [-0.39, 0.29) is 23.2 Å². The Kier molecular flexibility index (Phi) is 7.67. The van der Waals surface area contributed by atoms with E-state index in [1.54, 1.807) is 6.07 Å². The number of hydrogen-bond acceptors (Lipinski definition) is 8. The standard InChI is InChI=1S/C30H37F2N9/c1-5-39-8-10-40(11-9-39)29(22-14-33-15-22)20-6-7-26(34-16-20)37-30-35-17-24(32)27(38-30)21-12-23(31)28-25(13-21)41(18(2)3)19(4)36-28/h6-7,12-13,16-18,22,29,33H,5,8-11,14-15H2,1-4H3,(H,34,35,37,38)/t29-/m1/s1. The van der Waals surface area contributed by atoms with Crippen LogP contribution in [-0.4, -0.2) is 80.1 Å². The molecule has 5 heterocycles. The summed E-state index contributed by atoms with van der Waals surface area (Å²) in [5.74, 6) is 0.849. The predicted molar refractivity (Wildman–Crippen MR) is 156 cm³/mol. The first kappa shape index (κ1) is 27.6. The minimum absolute atomic E-state index is 0.0119. The van der Waals surface area contributed by atoms with E-state index in [0.29, 0.717) is 34.7 Å². The Hall–Kier alpha value is -3.54. The summed E-state index contributed by atoms with van der Waals surface area (Å²) in [6, 6.07) is 7.41. The maximum Gasteiger partial charge on any atom is 0.229 e. The van der Waals surface area contributed by atoms with Crippen molar-refractivity contribution in [2.75, 3.05) is 51.1 Å². The van der Waals surface area contributed by atoms with E-state index >= 15 is 4.39 Å². The largest absolute Gasteiger partial charge is 0.326 e. The first-order chi connectivity index (χ1) is 19.8. The lowest BCUT2D eigenvalue weighted by molar-refractivity contribution is 0.0551. The van der Waals surface area contributed by atoms with Gasteiger partial charge in [-0.2, -0.15) is 0 Å². The molecule has 6 rings (SSSR count). The molecule has 4 aromatic rings. The summed E-state index contributed by atoms with van der Waals surface area (Å²) in [6.07, 6.45) is 3.02. The van der Waals surface area contributed by atoms with E-state index < -0.39 is 11.6 Å². The van der Waals surface area contributed by atoms with Crippen molar-refractivity contribution in [1.82, 2.24) is 39.6 Å². The van der Waals surface area contributed by atoms with Gasteiger partial charge in [-0.3, -0.25) is 4.90 Å². The molecule has 1 atom stereocenters. The molecule has 0 spiro atoms. The summed E-state index contributed by atoms with van der Waals surface area (Å²) in [5, 5.41) is 6.51. The van der Waals surface area contributed by atoms with Crippen LogP contribution in [0.4, 0.5) is 20.5 Å². The number of aromatic nitrogens is 5. The zero-order valence-corrected chi connectivity index (χ0v) is 24.0. The van der Waals surface area contributed by atoms with E-state index in [9.17, 15) is 4.39 Å². The Bertz CT molecular complexity index is 1520. The molecule has 0 saturated carbocycles. The van der Waals surface area contributed by atoms with E-state index in [4.69, 9.17) is 0 Å². The monoisotopic (exact) mass is 561 g/mol. The zero-order valence-electron chi connectivity index (χ0n) is 24.0. The number of anilines is 2. The molecule has 0 bridgehead atoms. The fourth-order valence-corrected chi connectivity index (χ4v) is 6.13. The number of benzene rings is 1. The Morgan fingerprint density at radius 3 is 2.41 bits per heavy atom. The lowest BCUT2D eigenvalue weighted by Gasteiger charge is -2.45. The zero-order chi connectivity index (χ0) is 28.7. The SMILES string of the molecule is CCN1CCN([C@H](c2ccc(Nc3ncc(F)c(-c4cc(F)c5nc(C)n(C(C)C)c5c4)n3)nc2)C2CNC2)CC1. The molecular weight excluding hydrogens is 524 g/mol. The number of pyridine rings is 1. The van der Waals surface area contributed by atoms with Gasteiger partial charge in [0.15, 0.2) is 11.6 Å². The van der Waals surface area contributed by atoms with Gasteiger partial charge in [0.05, 0.1) is 11.7 Å². The van der Waals surface area contributed by atoms with Crippen molar-refractivity contribution in [2.45, 2.75) is 39.8 Å². The van der Waals surface area contributed by atoms with Gasteiger partial charge in [0.25, 0.3) is 0 Å². The summed E-state index contributed by atoms with van der Waals surface area (Å²) in [5.41, 5.74) is 2.39. The number of halogens is 2. The summed E-state index contributed by atoms with van der Waals surface area (Å²) in [4.78, 5) is 22.6. The number of imidazole rings is 1. The molecule has 2 N–H and O–H groups in total. The van der Waals surface area contributed by atoms with Gasteiger partial charge in [0, 0.05) is 69.0 Å². The maximum atomic E-state index is 15.1. The number of hydrogen-bond donors (Lipinski definition) is 2. The smallest absolute Gasteiger partial charge is 0.229 e. The van der Waals surface area contributed by atoms with Gasteiger partial charge < -0.3 is 20.1 Å². The van der Waals surface area contributed by atoms with Gasteiger partial charge in [-0.15, -0.1) is 0 Å². The number of nitrogens with zero attached hydrogens (tertiary/aromatic N) is 7. The molecule has 11 heteroatoms. The van der Waals surface area contributed by atoms with Gasteiger partial charge >= 0.3 is 0 Å². The topological polar surface area (TPSA) is 87.0 Å². The maximum absolute atomic E-state index is 15.1. The molecule has 2 saturated heterocycles. The lowest BCUT2D eigenvalue weighted by atomic mass is 9.87. The molecular formula is C30H37F2N9. The summed E-state index contributed by atoms with van der Waals surface area (Å²) >= 11 is 0. The Morgan fingerprint density at radius 2 is 1.78 bits per heavy atom. The number of likely N-dealkylation sites (N-methyl/N-ethyl adjacent to an activating group) is 1. The average molecular weight is 562 g/mol. The lowest BCUT2D eigenvalue weighted by Crippen LogP contribution is -2.54. The van der Waals surface area contributed by atoms with Crippen molar-refractivity contribution >= 4 is 22.8 Å². The van der Waals surface area contributed by atoms with Gasteiger partial charge in [0.2, 0.25) is 5.95 Å². The number of fused-ring (bicyclic) bond motifs is 1. The highest BCUT2D eigenvalue weighted by atomic mass is 19.1. The molecule has 216 valence electrons. The summed E-state index contributed by atoms with van der Waals surface area (Å²) in [6.45, 7) is 15.4. The van der Waals surface area contributed by atoms with Crippen molar-refractivity contribution < 1.29 is 8.78 Å². The minimum Gasteiger partial charge on any atom is -0.326 e. The van der Waals surface area contributed by atoms with Gasteiger partial charge in [-0.25, -0.2) is 28.7 Å². The highest BCUT2D eigenvalue weighted by molar-refractivity contribution is 5.83. The molecule has 2 fully saturated rings. The second-order valence-electron chi connectivity index (χ2n) is 11.3. The third-order valence-electron chi connectivity index (χ3n) is 8.33. The van der Waals surface area contributed by atoms with Crippen LogP contribution in [0, 0.1) is 24.5 Å². The third kappa shape index (κ3) is 5.41. The van der Waals surface area contributed by atoms with Crippen LogP contribution in [0.5, 0.6) is 0 Å². The van der Waals surface area contributed by atoms with Crippen LogP contribution in [0.3, 0.4) is 0 Å². The molecule has 0 amide bonds. The number of rotatable bonds is 8. The molecule has 0 aliphatic carbocycles. The molecule has 2 aliphatic heterocycles. The van der Waals surface area contributed by atoms with Crippen LogP contribution >= 0.6 is 0 Å². The van der Waals surface area contributed by atoms with E-state index in [1.165, 1.54) is 11.6 Å². The third-order valence-corrected chi connectivity index (χ3v) is 8.33. The Balaban J connectivity index is 1.24. The number of piperazine rings is 1. The molecule has 3 aromatic heterocycles. The average Bonchev–Trinajstić information content (AvgIpc) is 3.29. The summed E-state index contributed by atoms with van der Waals surface area (Å²) in [7, 11) is 0. The van der Waals surface area contributed by atoms with E-state index in [0.717, 1.165) is 52.0 Å².